The molecule has 2 N–H and O–H groups in total. The van der Waals surface area contributed by atoms with Crippen molar-refractivity contribution in [1.82, 2.24) is 0 Å². The molecule has 0 aliphatic carbocycles. The molecule has 0 heterocycles. The monoisotopic (exact) mass is 288 g/mol. The third kappa shape index (κ3) is 3.12. The van der Waals surface area contributed by atoms with Crippen LogP contribution in [0.25, 0.3) is 0 Å². The Bertz CT molecular complexity index is 750. The molecule has 0 saturated carbocycles. The quantitative estimate of drug-likeness (QED) is 0.691. The molecule has 3 aromatic carbocycles. The first-order chi connectivity index (χ1) is 10.7. The second-order valence-corrected chi connectivity index (χ2v) is 5.47. The van der Waals surface area contributed by atoms with E-state index in [-0.39, 0.29) is 0 Å². The predicted octanol–water partition coefficient (Wildman–Crippen LogP) is 4.92. The van der Waals surface area contributed by atoms with Crippen LogP contribution in [0.5, 0.6) is 0 Å². The number of hydrogen-bond donors (Lipinski definition) is 1. The number of hydrogen-bond acceptors (Lipinski definition) is 2. The van der Waals surface area contributed by atoms with Crippen LogP contribution in [0.15, 0.2) is 78.9 Å². The van der Waals surface area contributed by atoms with Gasteiger partial charge < -0.3 is 10.6 Å². The van der Waals surface area contributed by atoms with Gasteiger partial charge in [-0.05, 0) is 36.8 Å². The van der Waals surface area contributed by atoms with E-state index in [0.717, 1.165) is 23.6 Å². The molecule has 3 rings (SSSR count). The number of nitrogens with two attached hydrogens (primary N) is 1. The largest absolute Gasteiger partial charge is 0.397 e. The molecule has 0 spiro atoms. The summed E-state index contributed by atoms with van der Waals surface area (Å²) >= 11 is 0. The zero-order valence-corrected chi connectivity index (χ0v) is 12.7. The van der Waals surface area contributed by atoms with Gasteiger partial charge in [0.1, 0.15) is 0 Å². The number of benzene rings is 3. The molecule has 0 unspecified atom stereocenters. The van der Waals surface area contributed by atoms with Crippen LogP contribution in [0.3, 0.4) is 0 Å². The van der Waals surface area contributed by atoms with E-state index >= 15 is 0 Å². The van der Waals surface area contributed by atoms with Crippen molar-refractivity contribution >= 4 is 17.1 Å². The summed E-state index contributed by atoms with van der Waals surface area (Å²) in [4.78, 5) is 2.25. The maximum Gasteiger partial charge on any atom is 0.0647 e. The molecule has 0 amide bonds. The van der Waals surface area contributed by atoms with E-state index < -0.39 is 0 Å². The van der Waals surface area contributed by atoms with Crippen LogP contribution < -0.4 is 10.6 Å². The molecule has 0 aliphatic heterocycles. The van der Waals surface area contributed by atoms with Gasteiger partial charge in [-0.1, -0.05) is 60.2 Å². The highest BCUT2D eigenvalue weighted by Crippen LogP contribution is 2.31. The van der Waals surface area contributed by atoms with Crippen LogP contribution >= 0.6 is 0 Å². The second-order valence-electron chi connectivity index (χ2n) is 5.47. The first-order valence-corrected chi connectivity index (χ1v) is 7.47. The molecule has 3 aromatic rings. The average Bonchev–Trinajstić information content (AvgIpc) is 2.54. The van der Waals surface area contributed by atoms with Crippen LogP contribution in [-0.4, -0.2) is 0 Å². The number of aryl methyl sites for hydroxylation is 1. The molecule has 110 valence electrons. The van der Waals surface area contributed by atoms with Crippen molar-refractivity contribution in [2.24, 2.45) is 0 Å². The van der Waals surface area contributed by atoms with E-state index in [1.165, 1.54) is 11.1 Å². The smallest absolute Gasteiger partial charge is 0.0647 e. The lowest BCUT2D eigenvalue weighted by molar-refractivity contribution is 0.974. The van der Waals surface area contributed by atoms with Crippen molar-refractivity contribution in [3.63, 3.8) is 0 Å². The summed E-state index contributed by atoms with van der Waals surface area (Å²) in [6.45, 7) is 2.91. The van der Waals surface area contributed by atoms with Crippen LogP contribution in [0.4, 0.5) is 17.1 Å². The van der Waals surface area contributed by atoms with E-state index in [4.69, 9.17) is 5.73 Å². The summed E-state index contributed by atoms with van der Waals surface area (Å²) < 4.78 is 0. The maximum atomic E-state index is 6.20. The van der Waals surface area contributed by atoms with Gasteiger partial charge >= 0.3 is 0 Å². The number of nitrogens with zero attached hydrogens (tertiary/aromatic N) is 1. The molecule has 22 heavy (non-hydrogen) atoms. The van der Waals surface area contributed by atoms with E-state index in [2.05, 4.69) is 66.4 Å². The Morgan fingerprint density at radius 2 is 1.55 bits per heavy atom. The Kier molecular flexibility index (Phi) is 4.10. The number of para-hydroxylation sites is 3. The van der Waals surface area contributed by atoms with Gasteiger partial charge in [0.25, 0.3) is 0 Å². The molecule has 2 heteroatoms. The van der Waals surface area contributed by atoms with Crippen LogP contribution in [0.1, 0.15) is 11.1 Å². The Morgan fingerprint density at radius 3 is 2.27 bits per heavy atom. The fourth-order valence-electron chi connectivity index (χ4n) is 2.65. The van der Waals surface area contributed by atoms with Gasteiger partial charge in [0.15, 0.2) is 0 Å². The van der Waals surface area contributed by atoms with Crippen LogP contribution in [-0.2, 0) is 6.54 Å². The minimum Gasteiger partial charge on any atom is -0.397 e. The summed E-state index contributed by atoms with van der Waals surface area (Å²) in [7, 11) is 0. The van der Waals surface area contributed by atoms with Crippen molar-refractivity contribution in [3.05, 3.63) is 90.0 Å². The molecular formula is C20H20N2. The van der Waals surface area contributed by atoms with Gasteiger partial charge in [-0.3, -0.25) is 0 Å². The van der Waals surface area contributed by atoms with Gasteiger partial charge in [0, 0.05) is 12.2 Å². The van der Waals surface area contributed by atoms with Crippen molar-refractivity contribution in [2.75, 3.05) is 10.6 Å². The SMILES string of the molecule is Cc1cccc(CN(c2ccccc2)c2ccccc2N)c1. The molecule has 0 saturated heterocycles. The average molecular weight is 288 g/mol. The summed E-state index contributed by atoms with van der Waals surface area (Å²) in [6, 6.07) is 27.0. The van der Waals surface area contributed by atoms with Gasteiger partial charge in [-0.25, -0.2) is 0 Å². The lowest BCUT2D eigenvalue weighted by Crippen LogP contribution is -2.17. The standard InChI is InChI=1S/C20H20N2/c1-16-8-7-9-17(14-16)15-22(18-10-3-2-4-11-18)20-13-6-5-12-19(20)21/h2-14H,15,21H2,1H3. The molecule has 0 aliphatic rings. The highest BCUT2D eigenvalue weighted by atomic mass is 15.1. The molecule has 0 atom stereocenters. The van der Waals surface area contributed by atoms with Crippen molar-refractivity contribution < 1.29 is 0 Å². The second kappa shape index (κ2) is 6.35. The van der Waals surface area contributed by atoms with Gasteiger partial charge in [0.05, 0.1) is 11.4 Å². The van der Waals surface area contributed by atoms with E-state index in [9.17, 15) is 0 Å². The zero-order chi connectivity index (χ0) is 15.4. The molecule has 0 bridgehead atoms. The molecule has 2 nitrogen and oxygen atoms in total. The summed E-state index contributed by atoms with van der Waals surface area (Å²) in [6.07, 6.45) is 0. The summed E-state index contributed by atoms with van der Waals surface area (Å²) in [5, 5.41) is 0. The minimum absolute atomic E-state index is 0.791. The number of nitrogen functional groups attached to an aromatic ring is 1. The fourth-order valence-corrected chi connectivity index (χ4v) is 2.65. The van der Waals surface area contributed by atoms with E-state index in [1.807, 2.05) is 24.3 Å². The Hall–Kier alpha value is -2.74. The van der Waals surface area contributed by atoms with Gasteiger partial charge in [0.2, 0.25) is 0 Å². The topological polar surface area (TPSA) is 29.3 Å². The van der Waals surface area contributed by atoms with Crippen LogP contribution in [0.2, 0.25) is 0 Å². The fraction of sp³-hybridized carbons (Fsp3) is 0.100. The number of rotatable bonds is 4. The molecular weight excluding hydrogens is 268 g/mol. The normalized spacial score (nSPS) is 10.4. The molecule has 0 fully saturated rings. The van der Waals surface area contributed by atoms with E-state index in [0.29, 0.717) is 0 Å². The van der Waals surface area contributed by atoms with Crippen molar-refractivity contribution in [2.45, 2.75) is 13.5 Å². The van der Waals surface area contributed by atoms with E-state index in [1.54, 1.807) is 0 Å². The Balaban J connectivity index is 2.02. The Morgan fingerprint density at radius 1 is 0.818 bits per heavy atom. The van der Waals surface area contributed by atoms with Crippen LogP contribution in [0, 0.1) is 6.92 Å². The molecule has 0 aromatic heterocycles. The molecule has 0 radical (unpaired) electrons. The third-order valence-electron chi connectivity index (χ3n) is 3.72. The first kappa shape index (κ1) is 14.2. The highest BCUT2D eigenvalue weighted by molar-refractivity contribution is 5.74. The third-order valence-corrected chi connectivity index (χ3v) is 3.72. The Labute approximate surface area is 131 Å². The first-order valence-electron chi connectivity index (χ1n) is 7.47. The maximum absolute atomic E-state index is 6.20. The summed E-state index contributed by atoms with van der Waals surface area (Å²) in [5.41, 5.74) is 11.7. The zero-order valence-electron chi connectivity index (χ0n) is 12.7. The highest BCUT2D eigenvalue weighted by Gasteiger charge is 2.12. The van der Waals surface area contributed by atoms with Gasteiger partial charge in [-0.15, -0.1) is 0 Å². The predicted molar refractivity (Wildman–Crippen MR) is 94.3 cm³/mol. The summed E-state index contributed by atoms with van der Waals surface area (Å²) in [5.74, 6) is 0. The lowest BCUT2D eigenvalue weighted by atomic mass is 10.1. The lowest BCUT2D eigenvalue weighted by Gasteiger charge is -2.26. The van der Waals surface area contributed by atoms with Crippen molar-refractivity contribution in [1.29, 1.82) is 0 Å². The number of anilines is 3. The minimum atomic E-state index is 0.791. The van der Waals surface area contributed by atoms with Crippen molar-refractivity contribution in [3.8, 4) is 0 Å². The van der Waals surface area contributed by atoms with Gasteiger partial charge in [-0.2, -0.15) is 0 Å².